The third kappa shape index (κ3) is 3.19. The van der Waals surface area contributed by atoms with E-state index >= 15 is 0 Å². The van der Waals surface area contributed by atoms with E-state index in [9.17, 15) is 4.79 Å². The van der Waals surface area contributed by atoms with Crippen molar-refractivity contribution in [3.8, 4) is 11.5 Å². The molecule has 5 heteroatoms. The van der Waals surface area contributed by atoms with Gasteiger partial charge < -0.3 is 9.84 Å². The van der Waals surface area contributed by atoms with Crippen LogP contribution in [0.5, 0.6) is 11.5 Å². The number of aryl methyl sites for hydroxylation is 1. The summed E-state index contributed by atoms with van der Waals surface area (Å²) in [7, 11) is 0. The normalized spacial score (nSPS) is 10.3. The lowest BCUT2D eigenvalue weighted by molar-refractivity contribution is 0.0696. The number of ether oxygens (including phenoxy) is 1. The molecule has 0 saturated carbocycles. The van der Waals surface area contributed by atoms with Crippen molar-refractivity contribution in [2.24, 2.45) is 0 Å². The first-order chi connectivity index (χ1) is 8.97. The highest BCUT2D eigenvalue weighted by Crippen LogP contribution is 2.33. The van der Waals surface area contributed by atoms with Crippen LogP contribution in [-0.4, -0.2) is 11.1 Å². The van der Waals surface area contributed by atoms with E-state index in [1.807, 2.05) is 6.92 Å². The topological polar surface area (TPSA) is 46.5 Å². The third-order valence-corrected chi connectivity index (χ3v) is 3.10. The lowest BCUT2D eigenvalue weighted by Gasteiger charge is -2.11. The first-order valence-corrected chi connectivity index (χ1v) is 6.20. The highest BCUT2D eigenvalue weighted by Gasteiger charge is 2.10. The molecule has 0 aliphatic heterocycles. The van der Waals surface area contributed by atoms with Gasteiger partial charge in [0.2, 0.25) is 0 Å². The number of hydrogen-bond donors (Lipinski definition) is 1. The zero-order valence-corrected chi connectivity index (χ0v) is 11.5. The molecular weight excluding hydrogens is 287 g/mol. The third-order valence-electron chi connectivity index (χ3n) is 2.55. The summed E-state index contributed by atoms with van der Waals surface area (Å²) in [6.45, 7) is 1.82. The summed E-state index contributed by atoms with van der Waals surface area (Å²) in [6.07, 6.45) is 0. The number of halogens is 2. The Kier molecular flexibility index (Phi) is 3.98. The number of rotatable bonds is 3. The van der Waals surface area contributed by atoms with Crippen LogP contribution < -0.4 is 4.74 Å². The summed E-state index contributed by atoms with van der Waals surface area (Å²) in [5.41, 5.74) is 0.958. The van der Waals surface area contributed by atoms with Crippen molar-refractivity contribution in [2.75, 3.05) is 0 Å². The zero-order chi connectivity index (χ0) is 14.0. The van der Waals surface area contributed by atoms with E-state index < -0.39 is 5.97 Å². The van der Waals surface area contributed by atoms with Crippen LogP contribution in [-0.2, 0) is 0 Å². The van der Waals surface area contributed by atoms with Crippen molar-refractivity contribution in [2.45, 2.75) is 6.92 Å². The van der Waals surface area contributed by atoms with Crippen LogP contribution in [0, 0.1) is 6.92 Å². The largest absolute Gasteiger partial charge is 0.478 e. The fourth-order valence-corrected chi connectivity index (χ4v) is 1.84. The van der Waals surface area contributed by atoms with Crippen molar-refractivity contribution in [3.05, 3.63) is 57.6 Å². The smallest absolute Gasteiger partial charge is 0.335 e. The van der Waals surface area contributed by atoms with Gasteiger partial charge >= 0.3 is 5.97 Å². The summed E-state index contributed by atoms with van der Waals surface area (Å²) in [4.78, 5) is 10.9. The number of carboxylic acids is 1. The molecule has 2 aromatic carbocycles. The van der Waals surface area contributed by atoms with Crippen LogP contribution in [0.15, 0.2) is 36.4 Å². The zero-order valence-electron chi connectivity index (χ0n) is 9.98. The fourth-order valence-electron chi connectivity index (χ4n) is 1.52. The van der Waals surface area contributed by atoms with E-state index in [0.717, 1.165) is 5.56 Å². The van der Waals surface area contributed by atoms with Gasteiger partial charge in [-0.3, -0.25) is 0 Å². The predicted octanol–water partition coefficient (Wildman–Crippen LogP) is 4.79. The summed E-state index contributed by atoms with van der Waals surface area (Å²) < 4.78 is 5.63. The molecule has 3 nitrogen and oxygen atoms in total. The van der Waals surface area contributed by atoms with E-state index in [0.29, 0.717) is 21.5 Å². The van der Waals surface area contributed by atoms with E-state index in [1.54, 1.807) is 24.3 Å². The summed E-state index contributed by atoms with van der Waals surface area (Å²) in [5.74, 6) is -0.189. The quantitative estimate of drug-likeness (QED) is 0.885. The molecule has 0 unspecified atom stereocenters. The first kappa shape index (κ1) is 13.7. The minimum absolute atomic E-state index is 0.152. The maximum Gasteiger partial charge on any atom is 0.335 e. The van der Waals surface area contributed by atoms with E-state index in [-0.39, 0.29) is 5.56 Å². The molecule has 2 rings (SSSR count). The maximum atomic E-state index is 10.9. The van der Waals surface area contributed by atoms with Gasteiger partial charge in [-0.2, -0.15) is 0 Å². The van der Waals surface area contributed by atoms with Crippen LogP contribution in [0.4, 0.5) is 0 Å². The number of hydrogen-bond acceptors (Lipinski definition) is 2. The van der Waals surface area contributed by atoms with Crippen LogP contribution in [0.1, 0.15) is 15.9 Å². The van der Waals surface area contributed by atoms with Crippen molar-refractivity contribution in [3.63, 3.8) is 0 Å². The Labute approximate surface area is 120 Å². The molecule has 0 atom stereocenters. The molecule has 0 saturated heterocycles. The second kappa shape index (κ2) is 5.51. The SMILES string of the molecule is Cc1ccc(C(=O)O)cc1Oc1cc(Cl)ccc1Cl. The molecule has 2 aromatic rings. The highest BCUT2D eigenvalue weighted by molar-refractivity contribution is 6.34. The van der Waals surface area contributed by atoms with E-state index in [1.165, 1.54) is 12.1 Å². The maximum absolute atomic E-state index is 10.9. The van der Waals surface area contributed by atoms with Crippen LogP contribution in [0.3, 0.4) is 0 Å². The van der Waals surface area contributed by atoms with Gasteiger partial charge in [0.25, 0.3) is 0 Å². The molecule has 0 amide bonds. The number of carbonyl (C=O) groups is 1. The fraction of sp³-hybridized carbons (Fsp3) is 0.0714. The number of aromatic carboxylic acids is 1. The monoisotopic (exact) mass is 296 g/mol. The Hall–Kier alpha value is -1.71. The molecule has 0 heterocycles. The average Bonchev–Trinajstić information content (AvgIpc) is 2.36. The van der Waals surface area contributed by atoms with Crippen molar-refractivity contribution >= 4 is 29.2 Å². The highest BCUT2D eigenvalue weighted by atomic mass is 35.5. The minimum Gasteiger partial charge on any atom is -0.478 e. The van der Waals surface area contributed by atoms with Gasteiger partial charge in [-0.15, -0.1) is 0 Å². The Morgan fingerprint density at radius 3 is 2.53 bits per heavy atom. The Morgan fingerprint density at radius 2 is 1.84 bits per heavy atom. The van der Waals surface area contributed by atoms with Crippen molar-refractivity contribution < 1.29 is 14.6 Å². The van der Waals surface area contributed by atoms with Gasteiger partial charge in [0.05, 0.1) is 10.6 Å². The Bertz CT molecular complexity index is 639. The molecular formula is C14H10Cl2O3. The lowest BCUT2D eigenvalue weighted by Crippen LogP contribution is -1.97. The lowest BCUT2D eigenvalue weighted by atomic mass is 10.1. The Balaban J connectivity index is 2.40. The van der Waals surface area contributed by atoms with Gasteiger partial charge in [0.1, 0.15) is 11.5 Å². The molecule has 0 radical (unpaired) electrons. The summed E-state index contributed by atoms with van der Waals surface area (Å²) in [6, 6.07) is 9.50. The molecule has 0 aromatic heterocycles. The molecule has 0 aliphatic rings. The van der Waals surface area contributed by atoms with Crippen molar-refractivity contribution in [1.29, 1.82) is 0 Å². The van der Waals surface area contributed by atoms with E-state index in [2.05, 4.69) is 0 Å². The Morgan fingerprint density at radius 1 is 1.11 bits per heavy atom. The minimum atomic E-state index is -1.01. The first-order valence-electron chi connectivity index (χ1n) is 5.44. The van der Waals surface area contributed by atoms with Gasteiger partial charge in [0, 0.05) is 11.1 Å². The van der Waals surface area contributed by atoms with Gasteiger partial charge in [0.15, 0.2) is 0 Å². The standard InChI is InChI=1S/C14H10Cl2O3/c1-8-2-3-9(14(17)18)6-12(8)19-13-7-10(15)4-5-11(13)16/h2-7H,1H3,(H,17,18). The van der Waals surface area contributed by atoms with Crippen molar-refractivity contribution in [1.82, 2.24) is 0 Å². The summed E-state index contributed by atoms with van der Waals surface area (Å²) >= 11 is 11.9. The summed E-state index contributed by atoms with van der Waals surface area (Å²) in [5, 5.41) is 9.86. The van der Waals surface area contributed by atoms with Gasteiger partial charge in [-0.05, 0) is 36.8 Å². The van der Waals surface area contributed by atoms with Crippen LogP contribution in [0.25, 0.3) is 0 Å². The predicted molar refractivity (Wildman–Crippen MR) is 74.7 cm³/mol. The van der Waals surface area contributed by atoms with Gasteiger partial charge in [-0.1, -0.05) is 29.3 Å². The second-order valence-electron chi connectivity index (χ2n) is 3.96. The molecule has 0 spiro atoms. The molecule has 0 fully saturated rings. The van der Waals surface area contributed by atoms with E-state index in [4.69, 9.17) is 33.0 Å². The second-order valence-corrected chi connectivity index (χ2v) is 4.81. The average molecular weight is 297 g/mol. The van der Waals surface area contributed by atoms with Crippen LogP contribution >= 0.6 is 23.2 Å². The molecule has 98 valence electrons. The van der Waals surface area contributed by atoms with Gasteiger partial charge in [-0.25, -0.2) is 4.79 Å². The molecule has 1 N–H and O–H groups in total. The molecule has 19 heavy (non-hydrogen) atoms. The van der Waals surface area contributed by atoms with Crippen LogP contribution in [0.2, 0.25) is 10.0 Å². The number of benzene rings is 2. The molecule has 0 bridgehead atoms. The number of carboxylic acid groups (broad SMARTS) is 1. The molecule has 0 aliphatic carbocycles.